The van der Waals surface area contributed by atoms with Gasteiger partial charge in [-0.3, -0.25) is 9.59 Å². The number of amides is 2. The second-order valence-electron chi connectivity index (χ2n) is 8.85. The smallest absolute Gasteiger partial charge is 0.211 e. The van der Waals surface area contributed by atoms with Crippen molar-refractivity contribution >= 4 is 12.8 Å². The second-order valence-corrected chi connectivity index (χ2v) is 8.85. The van der Waals surface area contributed by atoms with Crippen molar-refractivity contribution in [3.63, 3.8) is 0 Å². The minimum atomic E-state index is -0.425. The number of rotatable bonds is 16. The van der Waals surface area contributed by atoms with E-state index in [1.807, 2.05) is 19.9 Å². The Morgan fingerprint density at radius 3 is 2.40 bits per heavy atom. The van der Waals surface area contributed by atoms with Crippen molar-refractivity contribution in [2.24, 2.45) is 11.8 Å². The van der Waals surface area contributed by atoms with Crippen LogP contribution in [0.5, 0.6) is 5.75 Å². The quantitative estimate of drug-likeness (QED) is 0.144. The summed E-state index contributed by atoms with van der Waals surface area (Å²) < 4.78 is 11.9. The molecule has 1 aromatic carbocycles. The molecule has 0 fully saturated rings. The first-order valence-corrected chi connectivity index (χ1v) is 12.1. The highest BCUT2D eigenvalue weighted by Crippen LogP contribution is 2.38. The summed E-state index contributed by atoms with van der Waals surface area (Å²) >= 11 is 0. The minimum absolute atomic E-state index is 0.193. The van der Waals surface area contributed by atoms with Gasteiger partial charge in [-0.15, -0.1) is 0 Å². The van der Waals surface area contributed by atoms with E-state index in [1.54, 1.807) is 24.3 Å². The Morgan fingerprint density at radius 2 is 1.74 bits per heavy atom. The highest BCUT2D eigenvalue weighted by atomic mass is 16.7. The summed E-state index contributed by atoms with van der Waals surface area (Å²) in [6.45, 7) is 16.7. The van der Waals surface area contributed by atoms with Crippen molar-refractivity contribution in [1.82, 2.24) is 16.0 Å². The topological polar surface area (TPSA) is 88.7 Å². The highest BCUT2D eigenvalue weighted by Gasteiger charge is 2.26. The standard InChI is InChI=1S/C28H39N3O4/c1-7-9-26(30-17-32)21(5)28(27(10-8-2)31-18-33)29-13-14-34-22(6)35-24-11-12-25-20(4)19(3)15-23(25)16-24/h7-12,16-22,28-29H,1-2,13-15H2,3-6H3,(H,30,32)(H,31,33). The van der Waals surface area contributed by atoms with E-state index in [0.717, 1.165) is 12.2 Å². The molecule has 0 saturated heterocycles. The lowest BCUT2D eigenvalue weighted by Crippen LogP contribution is -2.45. The van der Waals surface area contributed by atoms with Crippen LogP contribution in [0.2, 0.25) is 0 Å². The number of hydrogen-bond donors (Lipinski definition) is 3. The van der Waals surface area contributed by atoms with Crippen LogP contribution in [0.4, 0.5) is 0 Å². The number of carbonyl (C=O) groups excluding carboxylic acids is 2. The third-order valence-corrected chi connectivity index (χ3v) is 6.49. The molecule has 7 heteroatoms. The molecule has 3 N–H and O–H groups in total. The first-order valence-electron chi connectivity index (χ1n) is 12.1. The van der Waals surface area contributed by atoms with Gasteiger partial charge in [0.2, 0.25) is 12.8 Å². The minimum Gasteiger partial charge on any atom is -0.465 e. The average Bonchev–Trinajstić information content (AvgIpc) is 3.11. The fourth-order valence-corrected chi connectivity index (χ4v) is 4.47. The van der Waals surface area contributed by atoms with Crippen molar-refractivity contribution in [1.29, 1.82) is 0 Å². The molecule has 5 unspecified atom stereocenters. The molecule has 0 heterocycles. The third kappa shape index (κ3) is 7.94. The van der Waals surface area contributed by atoms with E-state index in [2.05, 4.69) is 55.1 Å². The Hall–Kier alpha value is -3.16. The van der Waals surface area contributed by atoms with Gasteiger partial charge in [0.1, 0.15) is 5.75 Å². The number of hydrogen-bond acceptors (Lipinski definition) is 5. The van der Waals surface area contributed by atoms with Gasteiger partial charge in [0, 0.05) is 23.9 Å². The first kappa shape index (κ1) is 28.1. The van der Waals surface area contributed by atoms with Crippen LogP contribution in [-0.4, -0.2) is 38.3 Å². The van der Waals surface area contributed by atoms with E-state index >= 15 is 0 Å². The van der Waals surface area contributed by atoms with E-state index in [-0.39, 0.29) is 12.0 Å². The maximum atomic E-state index is 11.2. The summed E-state index contributed by atoms with van der Waals surface area (Å²) in [7, 11) is 0. The number of nitrogens with one attached hydrogen (secondary N) is 3. The molecular weight excluding hydrogens is 442 g/mol. The lowest BCUT2D eigenvalue weighted by molar-refractivity contribution is -0.110. The molecule has 7 nitrogen and oxygen atoms in total. The fourth-order valence-electron chi connectivity index (χ4n) is 4.47. The molecule has 0 aromatic heterocycles. The zero-order chi connectivity index (χ0) is 25.8. The van der Waals surface area contributed by atoms with Gasteiger partial charge in [-0.1, -0.05) is 52.1 Å². The summed E-state index contributed by atoms with van der Waals surface area (Å²) in [5.41, 5.74) is 4.04. The lowest BCUT2D eigenvalue weighted by atomic mass is 9.94. The largest absolute Gasteiger partial charge is 0.465 e. The van der Waals surface area contributed by atoms with E-state index in [4.69, 9.17) is 9.47 Å². The van der Waals surface area contributed by atoms with Crippen molar-refractivity contribution < 1.29 is 19.1 Å². The van der Waals surface area contributed by atoms with Crippen LogP contribution in [-0.2, 0) is 20.7 Å². The molecule has 0 bridgehead atoms. The fraction of sp³-hybridized carbons (Fsp3) is 0.429. The molecule has 1 aliphatic rings. The molecule has 2 amide bonds. The molecular formula is C28H39N3O4. The van der Waals surface area contributed by atoms with Gasteiger partial charge in [0.05, 0.1) is 12.6 Å². The molecule has 5 atom stereocenters. The van der Waals surface area contributed by atoms with Gasteiger partial charge in [-0.2, -0.15) is 0 Å². The summed E-state index contributed by atoms with van der Waals surface area (Å²) in [6.07, 6.45) is 8.53. The normalized spacial score (nSPS) is 20.2. The molecule has 2 rings (SSSR count). The average molecular weight is 482 g/mol. The van der Waals surface area contributed by atoms with E-state index in [0.29, 0.717) is 49.2 Å². The Labute approximate surface area is 209 Å². The van der Waals surface area contributed by atoms with Crippen molar-refractivity contribution in [3.8, 4) is 5.75 Å². The van der Waals surface area contributed by atoms with Crippen LogP contribution in [0, 0.1) is 11.8 Å². The lowest BCUT2D eigenvalue weighted by Gasteiger charge is -2.29. The Balaban J connectivity index is 1.98. The molecule has 1 aromatic rings. The number of carbonyl (C=O) groups is 2. The summed E-state index contributed by atoms with van der Waals surface area (Å²) in [5, 5.41) is 8.84. The van der Waals surface area contributed by atoms with E-state index in [9.17, 15) is 9.59 Å². The van der Waals surface area contributed by atoms with Gasteiger partial charge in [0.25, 0.3) is 0 Å². The highest BCUT2D eigenvalue weighted by molar-refractivity contribution is 5.53. The van der Waals surface area contributed by atoms with Crippen LogP contribution in [0.25, 0.3) is 0 Å². The summed E-state index contributed by atoms with van der Waals surface area (Å²) in [5.74, 6) is 1.84. The Morgan fingerprint density at radius 1 is 1.09 bits per heavy atom. The van der Waals surface area contributed by atoms with Crippen molar-refractivity contribution in [2.45, 2.75) is 52.4 Å². The van der Waals surface area contributed by atoms with Gasteiger partial charge in [-0.25, -0.2) is 0 Å². The molecule has 190 valence electrons. The predicted molar refractivity (Wildman–Crippen MR) is 140 cm³/mol. The molecule has 0 spiro atoms. The van der Waals surface area contributed by atoms with Crippen LogP contribution >= 0.6 is 0 Å². The molecule has 0 saturated carbocycles. The zero-order valence-corrected chi connectivity index (χ0v) is 21.3. The maximum absolute atomic E-state index is 11.2. The molecule has 0 radical (unpaired) electrons. The van der Waals surface area contributed by atoms with E-state index in [1.165, 1.54) is 11.1 Å². The van der Waals surface area contributed by atoms with Crippen LogP contribution < -0.4 is 20.7 Å². The molecule has 0 aliphatic heterocycles. The zero-order valence-electron chi connectivity index (χ0n) is 21.3. The summed E-state index contributed by atoms with van der Waals surface area (Å²) in [6, 6.07) is 5.97. The van der Waals surface area contributed by atoms with Crippen molar-refractivity contribution in [2.75, 3.05) is 13.2 Å². The number of allylic oxidation sites excluding steroid dienone is 4. The van der Waals surface area contributed by atoms with Gasteiger partial charge >= 0.3 is 0 Å². The predicted octanol–water partition coefficient (Wildman–Crippen LogP) is 3.95. The van der Waals surface area contributed by atoms with Crippen LogP contribution in [0.3, 0.4) is 0 Å². The molecule has 35 heavy (non-hydrogen) atoms. The monoisotopic (exact) mass is 481 g/mol. The number of fused-ring (bicyclic) bond motifs is 1. The van der Waals surface area contributed by atoms with Crippen LogP contribution in [0.1, 0.15) is 44.7 Å². The number of benzene rings is 1. The SMILES string of the molecule is C=CC=C(NC=O)C(C)C(NCCOC(C)Oc1ccc2c(c1)CC(C)C2C)C(=CC=C)NC=O. The third-order valence-electron chi connectivity index (χ3n) is 6.49. The van der Waals surface area contributed by atoms with Crippen LogP contribution in [0.15, 0.2) is 67.1 Å². The van der Waals surface area contributed by atoms with E-state index < -0.39 is 6.29 Å². The second kappa shape index (κ2) is 14.3. The Kier molecular flexibility index (Phi) is 11.5. The van der Waals surface area contributed by atoms with Gasteiger partial charge < -0.3 is 25.4 Å². The van der Waals surface area contributed by atoms with Gasteiger partial charge in [-0.05, 0) is 60.6 Å². The molecule has 1 aliphatic carbocycles. The first-order chi connectivity index (χ1) is 16.9. The Bertz CT molecular complexity index is 940. The maximum Gasteiger partial charge on any atom is 0.211 e. The van der Waals surface area contributed by atoms with Gasteiger partial charge in [0.15, 0.2) is 6.29 Å². The van der Waals surface area contributed by atoms with Crippen molar-refractivity contribution in [3.05, 3.63) is 78.2 Å². The number of ether oxygens (including phenoxy) is 2. The summed E-state index contributed by atoms with van der Waals surface area (Å²) in [4.78, 5) is 22.3.